The molecule has 2 unspecified atom stereocenters. The average Bonchev–Trinajstić information content (AvgIpc) is 2.51. The molecule has 1 aliphatic rings. The van der Waals surface area contributed by atoms with Crippen molar-refractivity contribution in [2.75, 3.05) is 24.7 Å². The van der Waals surface area contributed by atoms with Gasteiger partial charge in [0.25, 0.3) is 0 Å². The molecule has 0 radical (unpaired) electrons. The number of hydrogen-bond acceptors (Lipinski definition) is 7. The molecule has 0 aliphatic carbocycles. The summed E-state index contributed by atoms with van der Waals surface area (Å²) in [4.78, 5) is 36.2. The second kappa shape index (κ2) is 10.2. The Morgan fingerprint density at radius 2 is 2.08 bits per heavy atom. The summed E-state index contributed by atoms with van der Waals surface area (Å²) in [6.45, 7) is 5.82. The summed E-state index contributed by atoms with van der Waals surface area (Å²) in [5.41, 5.74) is -0.264. The number of hydrogen-bond donors (Lipinski definition) is 1. The summed E-state index contributed by atoms with van der Waals surface area (Å²) in [6.07, 6.45) is 0.0544. The van der Waals surface area contributed by atoms with Gasteiger partial charge in [-0.2, -0.15) is 0 Å². The molecule has 2 atom stereocenters. The fourth-order valence-electron chi connectivity index (χ4n) is 1.96. The molecule has 0 aromatic rings. The van der Waals surface area contributed by atoms with E-state index in [9.17, 15) is 23.7 Å². The van der Waals surface area contributed by atoms with Gasteiger partial charge in [0.15, 0.2) is 10.8 Å². The van der Waals surface area contributed by atoms with Gasteiger partial charge in [0.2, 0.25) is 5.91 Å². The van der Waals surface area contributed by atoms with Crippen LogP contribution in [0.4, 0.5) is 0 Å². The molecule has 0 aromatic carbocycles. The molecule has 1 heterocycles. The lowest BCUT2D eigenvalue weighted by Crippen LogP contribution is -2.55. The molecular weight excluding hydrogens is 374 g/mol. The van der Waals surface area contributed by atoms with Crippen molar-refractivity contribution in [1.82, 2.24) is 4.90 Å². The van der Waals surface area contributed by atoms with Crippen LogP contribution in [-0.2, 0) is 29.9 Å². The molecule has 10 heteroatoms. The summed E-state index contributed by atoms with van der Waals surface area (Å²) in [6, 6.07) is 0. The number of rotatable bonds is 10. The van der Waals surface area contributed by atoms with Gasteiger partial charge in [-0.25, -0.2) is 4.79 Å². The second-order valence-corrected chi connectivity index (χ2v) is 9.11. The molecule has 1 saturated heterocycles. The Morgan fingerprint density at radius 3 is 2.54 bits per heavy atom. The number of ether oxygens (including phenoxy) is 1. The third kappa shape index (κ3) is 5.61. The van der Waals surface area contributed by atoms with Crippen molar-refractivity contribution in [3.63, 3.8) is 0 Å². The number of β-lactam (4-membered cyclic amide) rings is 1. The van der Waals surface area contributed by atoms with Gasteiger partial charge in [0, 0.05) is 35.8 Å². The Bertz CT molecular complexity index is 563. The summed E-state index contributed by atoms with van der Waals surface area (Å²) in [5.74, 6) is -0.933. The van der Waals surface area contributed by atoms with Crippen LogP contribution in [0.1, 0.15) is 27.2 Å². The van der Waals surface area contributed by atoms with Crippen molar-refractivity contribution in [3.8, 4) is 0 Å². The van der Waals surface area contributed by atoms with Crippen LogP contribution < -0.4 is 0 Å². The minimum Gasteiger partial charge on any atom is -0.477 e. The SMILES string of the molecule is CCOCCSC(SC(C)=O)=C(C(=O)O)N1C(=O)CC1S(=O)CC. The molecule has 1 fully saturated rings. The zero-order valence-corrected chi connectivity index (χ0v) is 16.2. The molecule has 1 rings (SSSR count). The Morgan fingerprint density at radius 1 is 1.42 bits per heavy atom. The number of likely N-dealkylation sites (tertiary alicyclic amines) is 1. The van der Waals surface area contributed by atoms with E-state index in [1.807, 2.05) is 6.92 Å². The van der Waals surface area contributed by atoms with Crippen molar-refractivity contribution >= 4 is 51.3 Å². The molecule has 1 aliphatic heterocycles. The molecule has 24 heavy (non-hydrogen) atoms. The van der Waals surface area contributed by atoms with Crippen molar-refractivity contribution < 1.29 is 28.4 Å². The lowest BCUT2D eigenvalue weighted by atomic mass is 10.2. The number of aliphatic carboxylic acids is 1. The average molecular weight is 396 g/mol. The Labute approximate surface area is 152 Å². The fraction of sp³-hybridized carbons (Fsp3) is 0.643. The van der Waals surface area contributed by atoms with E-state index in [4.69, 9.17) is 4.74 Å². The highest BCUT2D eigenvalue weighted by Crippen LogP contribution is 2.38. The van der Waals surface area contributed by atoms with Gasteiger partial charge in [0.1, 0.15) is 5.37 Å². The largest absolute Gasteiger partial charge is 0.477 e. The highest BCUT2D eigenvalue weighted by atomic mass is 32.2. The Balaban J connectivity index is 3.13. The van der Waals surface area contributed by atoms with Gasteiger partial charge >= 0.3 is 5.97 Å². The van der Waals surface area contributed by atoms with Crippen LogP contribution in [0, 0.1) is 0 Å². The van der Waals surface area contributed by atoms with Gasteiger partial charge in [-0.3, -0.25) is 18.7 Å². The lowest BCUT2D eigenvalue weighted by Gasteiger charge is -2.39. The first-order chi connectivity index (χ1) is 11.3. The normalized spacial score (nSPS) is 19.5. The maximum atomic E-state index is 12.0. The molecule has 0 spiro atoms. The van der Waals surface area contributed by atoms with E-state index < -0.39 is 28.0 Å². The molecular formula is C14H21NO6S3. The summed E-state index contributed by atoms with van der Waals surface area (Å²) >= 11 is 1.92. The zero-order valence-electron chi connectivity index (χ0n) is 13.8. The van der Waals surface area contributed by atoms with Gasteiger partial charge in [0.05, 0.1) is 17.3 Å². The van der Waals surface area contributed by atoms with Crippen LogP contribution in [0.25, 0.3) is 0 Å². The molecule has 136 valence electrons. The minimum absolute atomic E-state index is 0.0544. The van der Waals surface area contributed by atoms with Crippen molar-refractivity contribution in [2.24, 2.45) is 0 Å². The number of carbonyl (C=O) groups excluding carboxylic acids is 2. The topological polar surface area (TPSA) is 101 Å². The van der Waals surface area contributed by atoms with Crippen LogP contribution in [0.2, 0.25) is 0 Å². The maximum Gasteiger partial charge on any atom is 0.354 e. The molecule has 0 bridgehead atoms. The Kier molecular flexibility index (Phi) is 9.03. The second-order valence-electron chi connectivity index (χ2n) is 4.67. The van der Waals surface area contributed by atoms with Gasteiger partial charge in [-0.05, 0) is 18.7 Å². The van der Waals surface area contributed by atoms with Crippen molar-refractivity contribution in [2.45, 2.75) is 32.6 Å². The monoisotopic (exact) mass is 395 g/mol. The van der Waals surface area contributed by atoms with Crippen LogP contribution in [-0.4, -0.2) is 61.3 Å². The van der Waals surface area contributed by atoms with E-state index in [1.165, 1.54) is 6.92 Å². The van der Waals surface area contributed by atoms with Crippen molar-refractivity contribution in [3.05, 3.63) is 9.93 Å². The van der Waals surface area contributed by atoms with Crippen LogP contribution in [0.5, 0.6) is 0 Å². The zero-order chi connectivity index (χ0) is 18.3. The quantitative estimate of drug-likeness (QED) is 0.338. The number of nitrogens with zero attached hydrogens (tertiary/aromatic N) is 1. The first-order valence-corrected chi connectivity index (χ1v) is 10.6. The predicted molar refractivity (Wildman–Crippen MR) is 95.8 cm³/mol. The van der Waals surface area contributed by atoms with Crippen molar-refractivity contribution in [1.29, 1.82) is 0 Å². The van der Waals surface area contributed by atoms with Crippen LogP contribution in [0.15, 0.2) is 9.93 Å². The molecule has 0 saturated carbocycles. The smallest absolute Gasteiger partial charge is 0.354 e. The highest BCUT2D eigenvalue weighted by Gasteiger charge is 2.45. The third-order valence-corrected chi connectivity index (χ3v) is 6.68. The van der Waals surface area contributed by atoms with E-state index in [2.05, 4.69) is 0 Å². The van der Waals surface area contributed by atoms with Crippen LogP contribution >= 0.6 is 23.5 Å². The number of carboxylic acid groups (broad SMARTS) is 1. The molecule has 1 amide bonds. The predicted octanol–water partition coefficient (Wildman–Crippen LogP) is 1.62. The van der Waals surface area contributed by atoms with Gasteiger partial charge in [-0.15, -0.1) is 11.8 Å². The highest BCUT2D eigenvalue weighted by molar-refractivity contribution is 8.29. The Hall–Kier alpha value is -0.840. The third-order valence-electron chi connectivity index (χ3n) is 3.03. The number of carbonyl (C=O) groups is 3. The molecule has 7 nitrogen and oxygen atoms in total. The molecule has 0 aromatic heterocycles. The fourth-order valence-corrected chi connectivity index (χ4v) is 5.22. The number of thioether (sulfide) groups is 2. The first kappa shape index (κ1) is 21.2. The van der Waals surface area contributed by atoms with E-state index >= 15 is 0 Å². The van der Waals surface area contributed by atoms with E-state index in [-0.39, 0.29) is 21.5 Å². The van der Waals surface area contributed by atoms with Gasteiger partial charge in [-0.1, -0.05) is 6.92 Å². The first-order valence-electron chi connectivity index (χ1n) is 7.39. The lowest BCUT2D eigenvalue weighted by molar-refractivity contribution is -0.145. The van der Waals surface area contributed by atoms with E-state index in [0.29, 0.717) is 24.7 Å². The summed E-state index contributed by atoms with van der Waals surface area (Å²) < 4.78 is 17.5. The van der Waals surface area contributed by atoms with Crippen LogP contribution in [0.3, 0.4) is 0 Å². The van der Waals surface area contributed by atoms with E-state index in [0.717, 1.165) is 28.4 Å². The minimum atomic E-state index is -1.33. The molecule has 1 N–H and O–H groups in total. The number of amides is 1. The number of carboxylic acids is 1. The maximum absolute atomic E-state index is 12.0. The standard InChI is InChI=1S/C14H21NO6S3/c1-4-21-6-7-22-14(23-9(3)16)12(13(18)19)15-10(17)8-11(15)24(20)5-2/h11H,4-8H2,1-3H3,(H,18,19). The van der Waals surface area contributed by atoms with Gasteiger partial charge < -0.3 is 9.84 Å². The summed E-state index contributed by atoms with van der Waals surface area (Å²) in [7, 11) is -1.33. The van der Waals surface area contributed by atoms with E-state index in [1.54, 1.807) is 6.92 Å². The summed E-state index contributed by atoms with van der Waals surface area (Å²) in [5, 5.41) is 8.63.